The summed E-state index contributed by atoms with van der Waals surface area (Å²) in [6, 6.07) is 11.8. The van der Waals surface area contributed by atoms with Crippen molar-refractivity contribution < 1.29 is 18.0 Å². The normalized spacial score (nSPS) is 18.8. The molecule has 2 N–H and O–H groups in total. The minimum absolute atomic E-state index is 0. The first-order valence-electron chi connectivity index (χ1n) is 11.5. The van der Waals surface area contributed by atoms with Gasteiger partial charge in [-0.05, 0) is 67.7 Å². The summed E-state index contributed by atoms with van der Waals surface area (Å²) in [6.07, 6.45) is 3.53. The van der Waals surface area contributed by atoms with Crippen LogP contribution in [-0.2, 0) is 26.0 Å². The number of primary amides is 1. The zero-order chi connectivity index (χ0) is 25.4. The molecular formula is C25H30Cl3N3O4S. The molecule has 7 nitrogen and oxygen atoms in total. The molecule has 36 heavy (non-hydrogen) atoms. The number of likely N-dealkylation sites (tertiary alicyclic amines) is 2. The Morgan fingerprint density at radius 3 is 2.19 bits per heavy atom. The first kappa shape index (κ1) is 28.7. The topological polar surface area (TPSA) is 101 Å². The molecule has 2 fully saturated rings. The third-order valence-corrected chi connectivity index (χ3v) is 9.11. The Hall–Kier alpha value is -1.84. The average molecular weight is 575 g/mol. The van der Waals surface area contributed by atoms with Crippen LogP contribution in [0, 0.1) is 5.41 Å². The second kappa shape index (κ2) is 11.3. The zero-order valence-corrected chi connectivity index (χ0v) is 23.1. The summed E-state index contributed by atoms with van der Waals surface area (Å²) >= 11 is 12.3. The van der Waals surface area contributed by atoms with Crippen molar-refractivity contribution in [1.29, 1.82) is 0 Å². The second-order valence-corrected chi connectivity index (χ2v) is 12.4. The van der Waals surface area contributed by atoms with Crippen molar-refractivity contribution in [3.8, 4) is 0 Å². The third kappa shape index (κ3) is 6.17. The van der Waals surface area contributed by atoms with Crippen LogP contribution in [0.15, 0.2) is 47.4 Å². The lowest BCUT2D eigenvalue weighted by Crippen LogP contribution is -2.46. The number of hydrogen-bond acceptors (Lipinski definition) is 5. The quantitative estimate of drug-likeness (QED) is 0.533. The van der Waals surface area contributed by atoms with E-state index in [-0.39, 0.29) is 35.7 Å². The lowest BCUT2D eigenvalue weighted by atomic mass is 9.76. The number of carbonyl (C=O) groups excluding carboxylic acids is 2. The van der Waals surface area contributed by atoms with Crippen LogP contribution in [0.25, 0.3) is 0 Å². The zero-order valence-electron chi connectivity index (χ0n) is 20.0. The molecule has 0 aromatic heterocycles. The molecule has 0 bridgehead atoms. The Labute approximate surface area is 228 Å². The van der Waals surface area contributed by atoms with Gasteiger partial charge in [0.05, 0.1) is 20.4 Å². The maximum Gasteiger partial charge on any atom is 0.229 e. The average Bonchev–Trinajstić information content (AvgIpc) is 3.09. The van der Waals surface area contributed by atoms with Gasteiger partial charge >= 0.3 is 0 Å². The monoisotopic (exact) mass is 573 g/mol. The number of halogens is 3. The number of nitrogens with zero attached hydrogens (tertiary/aromatic N) is 2. The van der Waals surface area contributed by atoms with Gasteiger partial charge in [0.2, 0.25) is 11.8 Å². The van der Waals surface area contributed by atoms with Crippen molar-refractivity contribution in [2.75, 3.05) is 25.9 Å². The SMILES string of the molecule is CS(=O)(=O)c1ccc(CN2CCC3(CCN(C(CC(N)=O)c4ccc(Cl)c(Cl)c4)CC3)C2=O)cc1.Cl. The van der Waals surface area contributed by atoms with E-state index in [1.54, 1.807) is 36.4 Å². The van der Waals surface area contributed by atoms with Gasteiger partial charge in [-0.15, -0.1) is 12.4 Å². The highest BCUT2D eigenvalue weighted by Crippen LogP contribution is 2.44. The Morgan fingerprint density at radius 2 is 1.64 bits per heavy atom. The molecule has 0 aliphatic carbocycles. The van der Waals surface area contributed by atoms with Crippen molar-refractivity contribution in [3.63, 3.8) is 0 Å². The number of rotatable bonds is 7. The van der Waals surface area contributed by atoms with E-state index in [1.165, 1.54) is 6.26 Å². The number of nitrogens with two attached hydrogens (primary N) is 1. The molecule has 0 radical (unpaired) electrons. The molecule has 11 heteroatoms. The Kier molecular flexibility index (Phi) is 8.99. The number of carbonyl (C=O) groups is 2. The van der Waals surface area contributed by atoms with E-state index in [9.17, 15) is 18.0 Å². The van der Waals surface area contributed by atoms with E-state index in [0.29, 0.717) is 49.1 Å². The van der Waals surface area contributed by atoms with E-state index in [2.05, 4.69) is 4.90 Å². The first-order chi connectivity index (χ1) is 16.5. The van der Waals surface area contributed by atoms with Crippen LogP contribution in [0.3, 0.4) is 0 Å². The maximum atomic E-state index is 13.4. The molecule has 2 aliphatic heterocycles. The molecule has 2 aliphatic rings. The summed E-state index contributed by atoms with van der Waals surface area (Å²) in [7, 11) is -3.25. The summed E-state index contributed by atoms with van der Waals surface area (Å²) < 4.78 is 23.4. The molecule has 2 heterocycles. The van der Waals surface area contributed by atoms with Gasteiger partial charge in [0.1, 0.15) is 0 Å². The predicted octanol–water partition coefficient (Wildman–Crippen LogP) is 4.25. The highest BCUT2D eigenvalue weighted by Gasteiger charge is 2.48. The van der Waals surface area contributed by atoms with Crippen LogP contribution in [0.4, 0.5) is 0 Å². The van der Waals surface area contributed by atoms with Crippen LogP contribution in [0.5, 0.6) is 0 Å². The van der Waals surface area contributed by atoms with Gasteiger partial charge in [0.25, 0.3) is 0 Å². The summed E-state index contributed by atoms with van der Waals surface area (Å²) in [5.74, 6) is -0.253. The largest absolute Gasteiger partial charge is 0.370 e. The fourth-order valence-electron chi connectivity index (χ4n) is 5.20. The van der Waals surface area contributed by atoms with E-state index >= 15 is 0 Å². The predicted molar refractivity (Wildman–Crippen MR) is 143 cm³/mol. The highest BCUT2D eigenvalue weighted by molar-refractivity contribution is 7.90. The lowest BCUT2D eigenvalue weighted by Gasteiger charge is -2.41. The van der Waals surface area contributed by atoms with E-state index in [4.69, 9.17) is 28.9 Å². The number of piperidine rings is 1. The second-order valence-electron chi connectivity index (χ2n) is 9.57. The van der Waals surface area contributed by atoms with E-state index < -0.39 is 21.2 Å². The minimum Gasteiger partial charge on any atom is -0.370 e. The molecule has 2 aromatic carbocycles. The fourth-order valence-corrected chi connectivity index (χ4v) is 6.14. The van der Waals surface area contributed by atoms with E-state index in [1.807, 2.05) is 11.0 Å². The molecule has 1 unspecified atom stereocenters. The minimum atomic E-state index is -3.25. The van der Waals surface area contributed by atoms with Crippen molar-refractivity contribution in [1.82, 2.24) is 9.80 Å². The van der Waals surface area contributed by atoms with Gasteiger partial charge in [-0.3, -0.25) is 14.5 Å². The van der Waals surface area contributed by atoms with Crippen molar-refractivity contribution in [3.05, 3.63) is 63.6 Å². The molecule has 2 saturated heterocycles. The Balaban J connectivity index is 0.00000361. The molecular weight excluding hydrogens is 545 g/mol. The van der Waals surface area contributed by atoms with Gasteiger partial charge in [-0.1, -0.05) is 41.4 Å². The standard InChI is InChI=1S/C25H29Cl2N3O4S.ClH/c1-35(33,34)19-5-2-17(3-6-19)16-30-13-10-25(24(30)32)8-11-29(12-9-25)22(15-23(28)31)18-4-7-20(26)21(27)14-18;/h2-7,14,22H,8-13,15-16H2,1H3,(H2,28,31);1H. The van der Waals surface area contributed by atoms with Crippen molar-refractivity contribution in [2.24, 2.45) is 11.1 Å². The number of benzene rings is 2. The van der Waals surface area contributed by atoms with E-state index in [0.717, 1.165) is 17.5 Å². The van der Waals surface area contributed by atoms with Crippen LogP contribution in [0.2, 0.25) is 10.0 Å². The maximum absolute atomic E-state index is 13.4. The molecule has 2 aromatic rings. The number of hydrogen-bond donors (Lipinski definition) is 1. The highest BCUT2D eigenvalue weighted by atomic mass is 35.5. The number of amides is 2. The Bertz CT molecular complexity index is 1230. The van der Waals surface area contributed by atoms with Gasteiger partial charge < -0.3 is 10.6 Å². The third-order valence-electron chi connectivity index (χ3n) is 7.24. The van der Waals surface area contributed by atoms with Gasteiger partial charge in [-0.2, -0.15) is 0 Å². The summed E-state index contributed by atoms with van der Waals surface area (Å²) in [5.41, 5.74) is 6.93. The molecule has 4 rings (SSSR count). The van der Waals surface area contributed by atoms with Gasteiger partial charge in [0, 0.05) is 31.8 Å². The molecule has 196 valence electrons. The van der Waals surface area contributed by atoms with Crippen molar-refractivity contribution in [2.45, 2.75) is 43.2 Å². The smallest absolute Gasteiger partial charge is 0.229 e. The van der Waals surface area contributed by atoms with Crippen LogP contribution in [-0.4, -0.2) is 55.9 Å². The fraction of sp³-hybridized carbons (Fsp3) is 0.440. The summed E-state index contributed by atoms with van der Waals surface area (Å²) in [4.78, 5) is 29.6. The van der Waals surface area contributed by atoms with Gasteiger partial charge in [-0.25, -0.2) is 8.42 Å². The molecule has 2 amide bonds. The molecule has 0 saturated carbocycles. The van der Waals surface area contributed by atoms with Crippen molar-refractivity contribution >= 4 is 57.3 Å². The van der Waals surface area contributed by atoms with Crippen LogP contribution < -0.4 is 5.73 Å². The summed E-state index contributed by atoms with van der Waals surface area (Å²) in [6.45, 7) is 2.47. The molecule has 1 spiro atoms. The van der Waals surface area contributed by atoms with Crippen LogP contribution in [0.1, 0.15) is 42.9 Å². The summed E-state index contributed by atoms with van der Waals surface area (Å²) in [5, 5.41) is 0.881. The van der Waals surface area contributed by atoms with Gasteiger partial charge in [0.15, 0.2) is 9.84 Å². The lowest BCUT2D eigenvalue weighted by molar-refractivity contribution is -0.139. The molecule has 1 atom stereocenters. The Morgan fingerprint density at radius 1 is 1.03 bits per heavy atom. The first-order valence-corrected chi connectivity index (χ1v) is 14.2. The number of sulfone groups is 1. The van der Waals surface area contributed by atoms with Crippen LogP contribution >= 0.6 is 35.6 Å².